The summed E-state index contributed by atoms with van der Waals surface area (Å²) in [5.74, 6) is -0.157. The molecule has 1 amide bonds. The highest BCUT2D eigenvalue weighted by Crippen LogP contribution is 2.19. The van der Waals surface area contributed by atoms with Gasteiger partial charge in [-0.05, 0) is 56.4 Å². The average molecular weight is 310 g/mol. The van der Waals surface area contributed by atoms with E-state index in [0.717, 1.165) is 25.2 Å². The fourth-order valence-corrected chi connectivity index (χ4v) is 2.81. The average Bonchev–Trinajstić information content (AvgIpc) is 2.95. The van der Waals surface area contributed by atoms with E-state index in [-0.39, 0.29) is 5.91 Å². The number of rotatable bonds is 4. The molecule has 0 aromatic heterocycles. The smallest absolute Gasteiger partial charge is 0.255 e. The van der Waals surface area contributed by atoms with E-state index in [0.29, 0.717) is 23.0 Å². The topological polar surface area (TPSA) is 70.4 Å². The number of nitrogens with two attached hydrogens (primary N) is 1. The van der Waals surface area contributed by atoms with Gasteiger partial charge >= 0.3 is 0 Å². The molecule has 2 aromatic carbocycles. The van der Waals surface area contributed by atoms with Gasteiger partial charge in [0.05, 0.1) is 11.4 Å². The molecule has 0 spiro atoms. The van der Waals surface area contributed by atoms with Crippen LogP contribution in [-0.4, -0.2) is 37.0 Å². The van der Waals surface area contributed by atoms with Gasteiger partial charge in [0.15, 0.2) is 0 Å². The van der Waals surface area contributed by atoms with Crippen molar-refractivity contribution in [2.24, 2.45) is 0 Å². The van der Waals surface area contributed by atoms with Gasteiger partial charge in [-0.15, -0.1) is 0 Å². The fourth-order valence-electron chi connectivity index (χ4n) is 2.81. The first-order valence-electron chi connectivity index (χ1n) is 7.83. The van der Waals surface area contributed by atoms with Gasteiger partial charge in [-0.2, -0.15) is 0 Å². The lowest BCUT2D eigenvalue weighted by Crippen LogP contribution is -2.23. The zero-order chi connectivity index (χ0) is 16.2. The normalized spacial score (nSPS) is 17.9. The minimum atomic E-state index is -0.157. The number of benzene rings is 2. The van der Waals surface area contributed by atoms with Gasteiger partial charge in [-0.3, -0.25) is 4.79 Å². The summed E-state index contributed by atoms with van der Waals surface area (Å²) < 4.78 is 0. The Morgan fingerprint density at radius 3 is 2.57 bits per heavy atom. The Bertz CT molecular complexity index is 684. The Morgan fingerprint density at radius 2 is 1.91 bits per heavy atom. The van der Waals surface area contributed by atoms with Gasteiger partial charge in [0.1, 0.15) is 0 Å². The molecule has 5 heteroatoms. The lowest BCUT2D eigenvalue weighted by atomic mass is 10.1. The first-order valence-corrected chi connectivity index (χ1v) is 7.83. The van der Waals surface area contributed by atoms with Gasteiger partial charge in [0, 0.05) is 23.8 Å². The SMILES string of the molecule is CN1CC[C@H](Nc2ccc(C(=O)Nc3ccccc3N)cc2)C1. The number of nitrogen functional groups attached to an aromatic ring is 1. The second-order valence-corrected chi connectivity index (χ2v) is 6.01. The summed E-state index contributed by atoms with van der Waals surface area (Å²) in [5, 5.41) is 6.34. The highest BCUT2D eigenvalue weighted by Gasteiger charge is 2.18. The van der Waals surface area contributed by atoms with Crippen molar-refractivity contribution in [3.05, 3.63) is 54.1 Å². The predicted molar refractivity (Wildman–Crippen MR) is 94.8 cm³/mol. The molecule has 1 atom stereocenters. The summed E-state index contributed by atoms with van der Waals surface area (Å²) in [7, 11) is 2.13. The summed E-state index contributed by atoms with van der Waals surface area (Å²) in [4.78, 5) is 14.6. The van der Waals surface area contributed by atoms with Crippen molar-refractivity contribution in [3.63, 3.8) is 0 Å². The lowest BCUT2D eigenvalue weighted by molar-refractivity contribution is 0.102. The van der Waals surface area contributed by atoms with Crippen molar-refractivity contribution >= 4 is 23.0 Å². The Labute approximate surface area is 136 Å². The van der Waals surface area contributed by atoms with Crippen LogP contribution in [-0.2, 0) is 0 Å². The maximum absolute atomic E-state index is 12.3. The lowest BCUT2D eigenvalue weighted by Gasteiger charge is -2.14. The van der Waals surface area contributed by atoms with Crippen molar-refractivity contribution in [2.75, 3.05) is 36.5 Å². The van der Waals surface area contributed by atoms with Crippen LogP contribution in [0.1, 0.15) is 16.8 Å². The van der Waals surface area contributed by atoms with Crippen LogP contribution in [0.2, 0.25) is 0 Å². The van der Waals surface area contributed by atoms with Gasteiger partial charge in [-0.1, -0.05) is 12.1 Å². The Morgan fingerprint density at radius 1 is 1.17 bits per heavy atom. The van der Waals surface area contributed by atoms with E-state index in [1.807, 2.05) is 36.4 Å². The molecule has 1 aliphatic rings. The van der Waals surface area contributed by atoms with Crippen molar-refractivity contribution in [2.45, 2.75) is 12.5 Å². The van der Waals surface area contributed by atoms with Gasteiger partial charge in [0.25, 0.3) is 5.91 Å². The van der Waals surface area contributed by atoms with E-state index < -0.39 is 0 Å². The van der Waals surface area contributed by atoms with Crippen LogP contribution in [0.5, 0.6) is 0 Å². The fraction of sp³-hybridized carbons (Fsp3) is 0.278. The quantitative estimate of drug-likeness (QED) is 0.759. The van der Waals surface area contributed by atoms with Crippen LogP contribution in [0.4, 0.5) is 17.1 Å². The van der Waals surface area contributed by atoms with Crippen molar-refractivity contribution in [1.29, 1.82) is 0 Å². The summed E-state index contributed by atoms with van der Waals surface area (Å²) in [5.41, 5.74) is 8.69. The van der Waals surface area contributed by atoms with E-state index in [1.54, 1.807) is 12.1 Å². The highest BCUT2D eigenvalue weighted by atomic mass is 16.1. The molecule has 0 bridgehead atoms. The zero-order valence-electron chi connectivity index (χ0n) is 13.3. The second-order valence-electron chi connectivity index (χ2n) is 6.01. The number of hydrogen-bond acceptors (Lipinski definition) is 4. The summed E-state index contributed by atoms with van der Waals surface area (Å²) >= 11 is 0. The molecule has 1 saturated heterocycles. The van der Waals surface area contributed by atoms with E-state index >= 15 is 0 Å². The Kier molecular flexibility index (Phi) is 4.48. The number of likely N-dealkylation sites (N-methyl/N-ethyl adjacent to an activating group) is 1. The number of carbonyl (C=O) groups is 1. The second kappa shape index (κ2) is 6.71. The monoisotopic (exact) mass is 310 g/mol. The minimum absolute atomic E-state index is 0.157. The number of hydrogen-bond donors (Lipinski definition) is 3. The number of amides is 1. The summed E-state index contributed by atoms with van der Waals surface area (Å²) in [6, 6.07) is 15.3. The maximum Gasteiger partial charge on any atom is 0.255 e. The standard InChI is InChI=1S/C18H22N4O/c1-22-11-10-15(12-22)20-14-8-6-13(7-9-14)18(23)21-17-5-3-2-4-16(17)19/h2-9,15,20H,10-12,19H2,1H3,(H,21,23)/t15-/m0/s1. The van der Waals surface area contributed by atoms with E-state index in [9.17, 15) is 4.79 Å². The number of carbonyl (C=O) groups excluding carboxylic acids is 1. The van der Waals surface area contributed by atoms with Gasteiger partial charge < -0.3 is 21.3 Å². The van der Waals surface area contributed by atoms with Gasteiger partial charge in [0.2, 0.25) is 0 Å². The maximum atomic E-state index is 12.3. The van der Waals surface area contributed by atoms with Crippen LogP contribution in [0.3, 0.4) is 0 Å². The number of nitrogens with zero attached hydrogens (tertiary/aromatic N) is 1. The van der Waals surface area contributed by atoms with E-state index in [2.05, 4.69) is 22.6 Å². The number of anilines is 3. The summed E-state index contributed by atoms with van der Waals surface area (Å²) in [6.45, 7) is 2.17. The first-order chi connectivity index (χ1) is 11.1. The van der Waals surface area contributed by atoms with Gasteiger partial charge in [-0.25, -0.2) is 0 Å². The first kappa shape index (κ1) is 15.4. The third-order valence-corrected chi connectivity index (χ3v) is 4.12. The molecule has 0 aliphatic carbocycles. The number of para-hydroxylation sites is 2. The van der Waals surface area contributed by atoms with Crippen LogP contribution < -0.4 is 16.4 Å². The third-order valence-electron chi connectivity index (χ3n) is 4.12. The molecule has 23 heavy (non-hydrogen) atoms. The number of nitrogens with one attached hydrogen (secondary N) is 2. The van der Waals surface area contributed by atoms with Crippen LogP contribution in [0.15, 0.2) is 48.5 Å². The van der Waals surface area contributed by atoms with Crippen LogP contribution >= 0.6 is 0 Å². The molecular formula is C18H22N4O. The molecule has 1 aliphatic heterocycles. The molecule has 120 valence electrons. The largest absolute Gasteiger partial charge is 0.397 e. The van der Waals surface area contributed by atoms with Crippen LogP contribution in [0.25, 0.3) is 0 Å². The molecule has 3 rings (SSSR count). The van der Waals surface area contributed by atoms with Crippen molar-refractivity contribution < 1.29 is 4.79 Å². The molecule has 0 radical (unpaired) electrons. The van der Waals surface area contributed by atoms with Crippen molar-refractivity contribution in [1.82, 2.24) is 4.90 Å². The highest BCUT2D eigenvalue weighted by molar-refractivity contribution is 6.05. The van der Waals surface area contributed by atoms with Crippen molar-refractivity contribution in [3.8, 4) is 0 Å². The van der Waals surface area contributed by atoms with Crippen LogP contribution in [0, 0.1) is 0 Å². The molecule has 2 aromatic rings. The molecule has 5 nitrogen and oxygen atoms in total. The molecular weight excluding hydrogens is 288 g/mol. The molecule has 1 fully saturated rings. The zero-order valence-corrected chi connectivity index (χ0v) is 13.3. The Hall–Kier alpha value is -2.53. The third kappa shape index (κ3) is 3.81. The molecule has 4 N–H and O–H groups in total. The Balaban J connectivity index is 1.62. The van der Waals surface area contributed by atoms with E-state index in [1.165, 1.54) is 0 Å². The van der Waals surface area contributed by atoms with E-state index in [4.69, 9.17) is 5.73 Å². The molecule has 0 unspecified atom stereocenters. The molecule has 1 heterocycles. The number of likely N-dealkylation sites (tertiary alicyclic amines) is 1. The summed E-state index contributed by atoms with van der Waals surface area (Å²) in [6.07, 6.45) is 1.14. The predicted octanol–water partition coefficient (Wildman–Crippen LogP) is 2.64. The molecule has 0 saturated carbocycles. The minimum Gasteiger partial charge on any atom is -0.397 e.